The Morgan fingerprint density at radius 2 is 1.81 bits per heavy atom. The maximum atomic E-state index is 4.83. The number of nitrogens with zero attached hydrogens (tertiary/aromatic N) is 5. The molecule has 5 heteroatoms. The Balaban J connectivity index is 1.74. The Labute approximate surface area is 128 Å². The molecule has 0 saturated carbocycles. The zero-order chi connectivity index (χ0) is 14.9. The molecule has 5 nitrogen and oxygen atoms in total. The van der Waals surface area contributed by atoms with Crippen molar-refractivity contribution < 1.29 is 0 Å². The van der Waals surface area contributed by atoms with Crippen LogP contribution in [0.1, 0.15) is 26.7 Å². The zero-order valence-corrected chi connectivity index (χ0v) is 13.5. The van der Waals surface area contributed by atoms with Crippen LogP contribution in [0, 0.1) is 5.41 Å². The molecule has 2 fully saturated rings. The quantitative estimate of drug-likeness (QED) is 0.830. The van der Waals surface area contributed by atoms with Crippen LogP contribution in [0.15, 0.2) is 12.3 Å². The summed E-state index contributed by atoms with van der Waals surface area (Å²) < 4.78 is 0. The first kappa shape index (κ1) is 14.6. The average Bonchev–Trinajstić information content (AvgIpc) is 2.47. The van der Waals surface area contributed by atoms with Crippen molar-refractivity contribution in [1.29, 1.82) is 0 Å². The summed E-state index contributed by atoms with van der Waals surface area (Å²) in [5.74, 6) is 1.98. The number of aromatic nitrogens is 2. The van der Waals surface area contributed by atoms with Gasteiger partial charge in [-0.25, -0.2) is 4.98 Å². The van der Waals surface area contributed by atoms with Crippen molar-refractivity contribution in [2.75, 3.05) is 56.1 Å². The molecule has 0 unspecified atom stereocenters. The molecule has 0 aliphatic carbocycles. The van der Waals surface area contributed by atoms with Gasteiger partial charge in [0.2, 0.25) is 5.95 Å². The lowest BCUT2D eigenvalue weighted by molar-refractivity contribution is 0.292. The van der Waals surface area contributed by atoms with Crippen LogP contribution >= 0.6 is 0 Å². The Hall–Kier alpha value is -1.36. The van der Waals surface area contributed by atoms with E-state index >= 15 is 0 Å². The van der Waals surface area contributed by atoms with Crippen LogP contribution in [-0.2, 0) is 0 Å². The minimum Gasteiger partial charge on any atom is -0.356 e. The van der Waals surface area contributed by atoms with Crippen LogP contribution in [0.5, 0.6) is 0 Å². The predicted molar refractivity (Wildman–Crippen MR) is 87.0 cm³/mol. The molecule has 3 rings (SSSR count). The molecular formula is C16H27N5. The van der Waals surface area contributed by atoms with Crippen molar-refractivity contribution in [2.45, 2.75) is 26.7 Å². The zero-order valence-electron chi connectivity index (χ0n) is 13.5. The molecule has 116 valence electrons. The van der Waals surface area contributed by atoms with Crippen LogP contribution in [0.4, 0.5) is 11.8 Å². The van der Waals surface area contributed by atoms with Crippen molar-refractivity contribution in [1.82, 2.24) is 14.9 Å². The van der Waals surface area contributed by atoms with E-state index < -0.39 is 0 Å². The molecular weight excluding hydrogens is 262 g/mol. The second kappa shape index (κ2) is 5.79. The van der Waals surface area contributed by atoms with E-state index in [2.05, 4.69) is 46.6 Å². The molecule has 1 aromatic heterocycles. The van der Waals surface area contributed by atoms with Crippen molar-refractivity contribution in [3.8, 4) is 0 Å². The van der Waals surface area contributed by atoms with Crippen LogP contribution in [0.25, 0.3) is 0 Å². The van der Waals surface area contributed by atoms with Gasteiger partial charge in [0.15, 0.2) is 0 Å². The van der Waals surface area contributed by atoms with Gasteiger partial charge in [-0.2, -0.15) is 4.98 Å². The summed E-state index contributed by atoms with van der Waals surface area (Å²) in [6.45, 7) is 11.1. The van der Waals surface area contributed by atoms with Crippen LogP contribution in [0.2, 0.25) is 0 Å². The van der Waals surface area contributed by atoms with Gasteiger partial charge >= 0.3 is 0 Å². The van der Waals surface area contributed by atoms with Crippen molar-refractivity contribution in [2.24, 2.45) is 5.41 Å². The molecule has 0 radical (unpaired) electrons. The van der Waals surface area contributed by atoms with E-state index in [1.54, 1.807) is 0 Å². The second-order valence-electron chi connectivity index (χ2n) is 7.19. The molecule has 0 atom stereocenters. The van der Waals surface area contributed by atoms with Gasteiger partial charge in [-0.15, -0.1) is 0 Å². The summed E-state index contributed by atoms with van der Waals surface area (Å²) >= 11 is 0. The van der Waals surface area contributed by atoms with Gasteiger partial charge in [0.05, 0.1) is 0 Å². The lowest BCUT2D eigenvalue weighted by Crippen LogP contribution is -2.45. The minimum atomic E-state index is 0.386. The second-order valence-corrected chi connectivity index (χ2v) is 7.19. The number of piperidine rings is 1. The minimum absolute atomic E-state index is 0.386. The molecule has 0 N–H and O–H groups in total. The van der Waals surface area contributed by atoms with E-state index in [4.69, 9.17) is 4.98 Å². The molecule has 1 aromatic rings. The highest BCUT2D eigenvalue weighted by atomic mass is 15.3. The van der Waals surface area contributed by atoms with Gasteiger partial charge < -0.3 is 14.7 Å². The molecule has 0 aromatic carbocycles. The number of piperazine rings is 1. The SMILES string of the molecule is CN1CCN(c2nccc(N3CCCC(C)(C)C3)n2)CC1. The van der Waals surface area contributed by atoms with Crippen molar-refractivity contribution in [3.05, 3.63) is 12.3 Å². The molecule has 3 heterocycles. The largest absolute Gasteiger partial charge is 0.356 e. The first-order valence-corrected chi connectivity index (χ1v) is 8.05. The topological polar surface area (TPSA) is 35.5 Å². The molecule has 0 bridgehead atoms. The summed E-state index contributed by atoms with van der Waals surface area (Å²) in [5.41, 5.74) is 0.386. The Bertz CT molecular complexity index is 479. The molecule has 0 spiro atoms. The molecule has 2 saturated heterocycles. The highest BCUT2D eigenvalue weighted by Gasteiger charge is 2.27. The number of likely N-dealkylation sites (N-methyl/N-ethyl adjacent to an activating group) is 1. The predicted octanol–water partition coefficient (Wildman–Crippen LogP) is 1.85. The summed E-state index contributed by atoms with van der Waals surface area (Å²) in [6, 6.07) is 2.06. The fourth-order valence-electron chi connectivity index (χ4n) is 3.29. The summed E-state index contributed by atoms with van der Waals surface area (Å²) in [7, 11) is 2.17. The van der Waals surface area contributed by atoms with E-state index in [0.717, 1.165) is 51.0 Å². The fourth-order valence-corrected chi connectivity index (χ4v) is 3.29. The number of hydrogen-bond acceptors (Lipinski definition) is 5. The maximum Gasteiger partial charge on any atom is 0.227 e. The van der Waals surface area contributed by atoms with Crippen LogP contribution in [0.3, 0.4) is 0 Å². The van der Waals surface area contributed by atoms with Gasteiger partial charge in [0.1, 0.15) is 5.82 Å². The Morgan fingerprint density at radius 1 is 1.05 bits per heavy atom. The first-order chi connectivity index (χ1) is 10.0. The molecule has 0 amide bonds. The van der Waals surface area contributed by atoms with Crippen LogP contribution in [-0.4, -0.2) is 61.2 Å². The van der Waals surface area contributed by atoms with Crippen LogP contribution < -0.4 is 9.80 Å². The number of anilines is 2. The normalized spacial score (nSPS) is 23.4. The fraction of sp³-hybridized carbons (Fsp3) is 0.750. The lowest BCUT2D eigenvalue weighted by Gasteiger charge is -2.39. The van der Waals surface area contributed by atoms with E-state index in [9.17, 15) is 0 Å². The lowest BCUT2D eigenvalue weighted by atomic mass is 9.84. The van der Waals surface area contributed by atoms with Crippen molar-refractivity contribution >= 4 is 11.8 Å². The third-order valence-electron chi connectivity index (χ3n) is 4.64. The van der Waals surface area contributed by atoms with Gasteiger partial charge in [-0.05, 0) is 31.4 Å². The molecule has 2 aliphatic rings. The summed E-state index contributed by atoms with van der Waals surface area (Å²) in [4.78, 5) is 16.4. The average molecular weight is 289 g/mol. The standard InChI is InChI=1S/C16H27N5/c1-16(2)6-4-8-21(13-16)14-5-7-17-15(18-14)20-11-9-19(3)10-12-20/h5,7H,4,6,8-13H2,1-3H3. The van der Waals surface area contributed by atoms with E-state index in [-0.39, 0.29) is 0 Å². The molecule has 2 aliphatic heterocycles. The Kier molecular flexibility index (Phi) is 4.02. The summed E-state index contributed by atoms with van der Waals surface area (Å²) in [6.07, 6.45) is 4.47. The van der Waals surface area contributed by atoms with Gasteiger partial charge in [-0.1, -0.05) is 13.8 Å². The highest BCUT2D eigenvalue weighted by molar-refractivity contribution is 5.44. The maximum absolute atomic E-state index is 4.83. The number of hydrogen-bond donors (Lipinski definition) is 0. The van der Waals surface area contributed by atoms with Gasteiger partial charge in [-0.3, -0.25) is 0 Å². The van der Waals surface area contributed by atoms with E-state index in [0.29, 0.717) is 5.41 Å². The third-order valence-corrected chi connectivity index (χ3v) is 4.64. The van der Waals surface area contributed by atoms with Crippen molar-refractivity contribution in [3.63, 3.8) is 0 Å². The van der Waals surface area contributed by atoms with E-state index in [1.807, 2.05) is 6.20 Å². The number of rotatable bonds is 2. The van der Waals surface area contributed by atoms with E-state index in [1.165, 1.54) is 12.8 Å². The Morgan fingerprint density at radius 3 is 2.52 bits per heavy atom. The monoisotopic (exact) mass is 289 g/mol. The third kappa shape index (κ3) is 3.46. The smallest absolute Gasteiger partial charge is 0.227 e. The first-order valence-electron chi connectivity index (χ1n) is 8.05. The van der Waals surface area contributed by atoms with Gasteiger partial charge in [0.25, 0.3) is 0 Å². The van der Waals surface area contributed by atoms with Gasteiger partial charge in [0, 0.05) is 45.5 Å². The summed E-state index contributed by atoms with van der Waals surface area (Å²) in [5, 5.41) is 0. The molecule has 21 heavy (non-hydrogen) atoms. The highest BCUT2D eigenvalue weighted by Crippen LogP contribution is 2.31.